The summed E-state index contributed by atoms with van der Waals surface area (Å²) in [6.07, 6.45) is 0.296. The number of amides is 6. The van der Waals surface area contributed by atoms with Crippen molar-refractivity contribution < 1.29 is 48.6 Å². The van der Waals surface area contributed by atoms with E-state index in [2.05, 4.69) is 31.6 Å². The molecule has 6 amide bonds. The van der Waals surface area contributed by atoms with Gasteiger partial charge in [0.2, 0.25) is 35.4 Å². The summed E-state index contributed by atoms with van der Waals surface area (Å²) in [7, 11) is 0. The Morgan fingerprint density at radius 3 is 1.83 bits per heavy atom. The number of primary amides is 1. The molecule has 1 aromatic heterocycles. The van der Waals surface area contributed by atoms with Crippen molar-refractivity contribution >= 4 is 58.3 Å². The quantitative estimate of drug-likeness (QED) is 0.0619. The van der Waals surface area contributed by atoms with E-state index in [0.717, 1.165) is 10.9 Å². The molecule has 0 aliphatic carbocycles. The van der Waals surface area contributed by atoms with Gasteiger partial charge in [-0.15, -0.1) is 0 Å². The first kappa shape index (κ1) is 46.1. The monoisotopic (exact) mass is 806 g/mol. The molecule has 0 aliphatic heterocycles. The first-order chi connectivity index (χ1) is 27.4. The topological polar surface area (TPSA) is 305 Å². The van der Waals surface area contributed by atoms with E-state index >= 15 is 0 Å². The number of rotatable bonds is 23. The van der Waals surface area contributed by atoms with Gasteiger partial charge in [0.1, 0.15) is 30.2 Å². The highest BCUT2D eigenvalue weighted by Crippen LogP contribution is 2.20. The summed E-state index contributed by atoms with van der Waals surface area (Å²) in [6.45, 7) is 6.83. The highest BCUT2D eigenvalue weighted by molar-refractivity contribution is 5.97. The molecule has 18 heteroatoms. The number of carbonyl (C=O) groups excluding carboxylic acids is 6. The Bertz CT molecular complexity index is 1930. The van der Waals surface area contributed by atoms with E-state index in [0.29, 0.717) is 11.1 Å². The molecule has 2 aromatic carbocycles. The summed E-state index contributed by atoms with van der Waals surface area (Å²) in [5.74, 6) is -8.30. The molecule has 3 rings (SSSR count). The lowest BCUT2D eigenvalue weighted by atomic mass is 9.99. The molecule has 12 N–H and O–H groups in total. The number of para-hydroxylation sites is 1. The normalized spacial score (nSPS) is 14.3. The minimum absolute atomic E-state index is 0.0476. The standard InChI is InChI=1S/C40H54N8O10/c1-21(2)16-31(40(57)58)47-37(54)30(18-24-20-43-27-13-9-8-12-25(24)27)46-36(53)28(14-15-32(42)49)44-39(56)34(22(3)4)48-38(55)29(17-23-10-6-5-7-11-23)45-35(52)26(41)19-33(50)51/h5-13,20-22,26,28-31,34,43H,14-19,41H2,1-4H3,(H2,42,49)(H,44,56)(H,45,52)(H,46,53)(H,47,54)(H,48,55)(H,50,51)(H,57,58)/t26-,28-,29-,30-,31-,34-/m0/s1. The predicted molar refractivity (Wildman–Crippen MR) is 212 cm³/mol. The molecule has 314 valence electrons. The van der Waals surface area contributed by atoms with Crippen LogP contribution in [0.1, 0.15) is 64.5 Å². The van der Waals surface area contributed by atoms with E-state index in [1.54, 1.807) is 70.3 Å². The molecule has 0 bridgehead atoms. The first-order valence-corrected chi connectivity index (χ1v) is 18.9. The van der Waals surface area contributed by atoms with Crippen molar-refractivity contribution in [1.29, 1.82) is 0 Å². The fourth-order valence-corrected chi connectivity index (χ4v) is 6.19. The highest BCUT2D eigenvalue weighted by atomic mass is 16.4. The molecule has 6 atom stereocenters. The highest BCUT2D eigenvalue weighted by Gasteiger charge is 2.35. The Labute approximate surface area is 335 Å². The van der Waals surface area contributed by atoms with Crippen molar-refractivity contribution in [3.63, 3.8) is 0 Å². The number of aromatic nitrogens is 1. The van der Waals surface area contributed by atoms with E-state index in [1.807, 2.05) is 18.2 Å². The van der Waals surface area contributed by atoms with Crippen LogP contribution >= 0.6 is 0 Å². The van der Waals surface area contributed by atoms with Crippen molar-refractivity contribution in [2.75, 3.05) is 0 Å². The molecule has 0 saturated heterocycles. The maximum Gasteiger partial charge on any atom is 0.326 e. The molecule has 0 unspecified atom stereocenters. The van der Waals surface area contributed by atoms with Gasteiger partial charge in [0, 0.05) is 36.4 Å². The van der Waals surface area contributed by atoms with Crippen LogP contribution in [-0.2, 0) is 51.2 Å². The van der Waals surface area contributed by atoms with Crippen molar-refractivity contribution in [2.45, 2.75) is 102 Å². The number of hydrogen-bond donors (Lipinski definition) is 10. The Kier molecular flexibility index (Phi) is 17.4. The van der Waals surface area contributed by atoms with E-state index in [9.17, 15) is 43.5 Å². The van der Waals surface area contributed by atoms with Crippen molar-refractivity contribution in [3.8, 4) is 0 Å². The van der Waals surface area contributed by atoms with Crippen LogP contribution in [0.5, 0.6) is 0 Å². The lowest BCUT2D eigenvalue weighted by Crippen LogP contribution is -2.60. The maximum absolute atomic E-state index is 14.0. The number of aliphatic carboxylic acids is 2. The number of hydrogen-bond acceptors (Lipinski definition) is 9. The van der Waals surface area contributed by atoms with Crippen LogP contribution in [0.2, 0.25) is 0 Å². The molecule has 0 fully saturated rings. The first-order valence-electron chi connectivity index (χ1n) is 18.9. The minimum atomic E-state index is -1.47. The Hall–Kier alpha value is -6.30. The third kappa shape index (κ3) is 14.3. The summed E-state index contributed by atoms with van der Waals surface area (Å²) in [5.41, 5.74) is 13.2. The van der Waals surface area contributed by atoms with Gasteiger partial charge in [0.25, 0.3) is 0 Å². The van der Waals surface area contributed by atoms with E-state index < -0.39 is 96.0 Å². The van der Waals surface area contributed by atoms with Gasteiger partial charge in [0.15, 0.2) is 0 Å². The number of H-pyrrole nitrogens is 1. The number of carbonyl (C=O) groups is 8. The number of carboxylic acids is 2. The van der Waals surface area contributed by atoms with Crippen molar-refractivity contribution in [3.05, 3.63) is 71.9 Å². The number of fused-ring (bicyclic) bond motifs is 1. The second kappa shape index (κ2) is 21.9. The average molecular weight is 807 g/mol. The fourth-order valence-electron chi connectivity index (χ4n) is 6.19. The number of aromatic amines is 1. The molecule has 3 aromatic rings. The average Bonchev–Trinajstić information content (AvgIpc) is 3.56. The summed E-state index contributed by atoms with van der Waals surface area (Å²) in [6, 6.07) is 7.69. The zero-order valence-corrected chi connectivity index (χ0v) is 33.0. The van der Waals surface area contributed by atoms with E-state index in [1.165, 1.54) is 0 Å². The van der Waals surface area contributed by atoms with Crippen molar-refractivity contribution in [1.82, 2.24) is 31.6 Å². The van der Waals surface area contributed by atoms with Crippen LogP contribution < -0.4 is 38.1 Å². The van der Waals surface area contributed by atoms with Gasteiger partial charge in [-0.2, -0.15) is 0 Å². The second-order valence-corrected chi connectivity index (χ2v) is 14.9. The number of benzene rings is 2. The van der Waals surface area contributed by atoms with Gasteiger partial charge in [-0.25, -0.2) is 4.79 Å². The van der Waals surface area contributed by atoms with Crippen LogP contribution in [0.3, 0.4) is 0 Å². The van der Waals surface area contributed by atoms with Crippen LogP contribution in [0, 0.1) is 11.8 Å². The van der Waals surface area contributed by atoms with Gasteiger partial charge in [-0.1, -0.05) is 76.2 Å². The van der Waals surface area contributed by atoms with Gasteiger partial charge in [0.05, 0.1) is 12.5 Å². The fraction of sp³-hybridized carbons (Fsp3) is 0.450. The van der Waals surface area contributed by atoms with E-state index in [-0.39, 0.29) is 38.0 Å². The summed E-state index contributed by atoms with van der Waals surface area (Å²) < 4.78 is 0. The number of nitrogens with one attached hydrogen (secondary N) is 6. The molecule has 0 aliphatic rings. The van der Waals surface area contributed by atoms with Gasteiger partial charge >= 0.3 is 11.9 Å². The van der Waals surface area contributed by atoms with Gasteiger partial charge in [-0.05, 0) is 41.9 Å². The molecule has 0 spiro atoms. The molecule has 0 radical (unpaired) electrons. The third-order valence-electron chi connectivity index (χ3n) is 9.26. The SMILES string of the molecule is CC(C)C[C@H](NC(=O)[C@H](Cc1c[nH]c2ccccc12)NC(=O)[C@H](CCC(N)=O)NC(=O)[C@@H](NC(=O)[C@H](Cc1ccccc1)NC(=O)[C@@H](N)CC(=O)O)C(C)C)C(=O)O. The molecule has 58 heavy (non-hydrogen) atoms. The molecular weight excluding hydrogens is 752 g/mol. The Balaban J connectivity index is 1.89. The largest absolute Gasteiger partial charge is 0.481 e. The van der Waals surface area contributed by atoms with Crippen LogP contribution in [0.25, 0.3) is 10.9 Å². The van der Waals surface area contributed by atoms with Crippen LogP contribution in [-0.4, -0.2) is 98.8 Å². The van der Waals surface area contributed by atoms with Crippen LogP contribution in [0.4, 0.5) is 0 Å². The third-order valence-corrected chi connectivity index (χ3v) is 9.26. The van der Waals surface area contributed by atoms with E-state index in [4.69, 9.17) is 16.6 Å². The maximum atomic E-state index is 14.0. The Morgan fingerprint density at radius 1 is 0.672 bits per heavy atom. The smallest absolute Gasteiger partial charge is 0.326 e. The summed E-state index contributed by atoms with van der Waals surface area (Å²) in [5, 5.41) is 32.5. The molecule has 0 saturated carbocycles. The Morgan fingerprint density at radius 2 is 1.22 bits per heavy atom. The van der Waals surface area contributed by atoms with Crippen LogP contribution in [0.15, 0.2) is 60.8 Å². The number of carboxylic acid groups (broad SMARTS) is 2. The van der Waals surface area contributed by atoms with Crippen molar-refractivity contribution in [2.24, 2.45) is 23.3 Å². The van der Waals surface area contributed by atoms with Gasteiger partial charge in [-0.3, -0.25) is 33.6 Å². The lowest BCUT2D eigenvalue weighted by Gasteiger charge is -2.28. The van der Waals surface area contributed by atoms with Gasteiger partial charge < -0.3 is 53.2 Å². The molecular formula is C40H54N8O10. The lowest BCUT2D eigenvalue weighted by molar-refractivity contribution is -0.143. The number of nitrogens with two attached hydrogens (primary N) is 2. The zero-order chi connectivity index (χ0) is 43.1. The minimum Gasteiger partial charge on any atom is -0.481 e. The molecule has 18 nitrogen and oxygen atoms in total. The predicted octanol–water partition coefficient (Wildman–Crippen LogP) is 0.231. The molecule has 1 heterocycles. The summed E-state index contributed by atoms with van der Waals surface area (Å²) in [4.78, 5) is 106. The second-order valence-electron chi connectivity index (χ2n) is 14.9. The zero-order valence-electron chi connectivity index (χ0n) is 33.0. The summed E-state index contributed by atoms with van der Waals surface area (Å²) >= 11 is 0.